The summed E-state index contributed by atoms with van der Waals surface area (Å²) in [6.07, 6.45) is 2.05. The molecule has 1 saturated heterocycles. The van der Waals surface area contributed by atoms with E-state index < -0.39 is 16.0 Å². The first-order valence-corrected chi connectivity index (χ1v) is 8.22. The third-order valence-electron chi connectivity index (χ3n) is 3.76. The van der Waals surface area contributed by atoms with Gasteiger partial charge < -0.3 is 15.6 Å². The number of hydrogen-bond donors (Lipinski definition) is 2. The van der Waals surface area contributed by atoms with Gasteiger partial charge in [-0.05, 0) is 38.0 Å². The summed E-state index contributed by atoms with van der Waals surface area (Å²) in [5.41, 5.74) is 7.77. The van der Waals surface area contributed by atoms with Crippen molar-refractivity contribution in [3.63, 3.8) is 0 Å². The zero-order chi connectivity index (χ0) is 15.0. The summed E-state index contributed by atoms with van der Waals surface area (Å²) in [6, 6.07) is 5.26. The number of carbonyl (C=O) groups is 1. The molecule has 2 unspecified atom stereocenters. The molecule has 1 fully saturated rings. The molecule has 0 radical (unpaired) electrons. The summed E-state index contributed by atoms with van der Waals surface area (Å²) in [6.45, 7) is 3.21. The van der Waals surface area contributed by atoms with Gasteiger partial charge in [0.2, 0.25) is 5.91 Å². The third-order valence-corrected chi connectivity index (χ3v) is 5.18. The van der Waals surface area contributed by atoms with E-state index in [1.165, 1.54) is 0 Å². The molecule has 1 aliphatic rings. The van der Waals surface area contributed by atoms with Crippen molar-refractivity contribution in [2.24, 2.45) is 0 Å². The molecule has 3 N–H and O–H groups in total. The number of H-pyrrole nitrogens is 1. The zero-order valence-corrected chi connectivity index (χ0v) is 12.7. The van der Waals surface area contributed by atoms with E-state index in [0.717, 1.165) is 31.4 Å². The minimum absolute atomic E-state index is 0.0641. The lowest BCUT2D eigenvalue weighted by Gasteiger charge is -2.18. The number of aromatic nitrogens is 2. The van der Waals surface area contributed by atoms with E-state index >= 15 is 0 Å². The van der Waals surface area contributed by atoms with Crippen molar-refractivity contribution in [2.45, 2.75) is 30.2 Å². The van der Waals surface area contributed by atoms with Gasteiger partial charge in [-0.1, -0.05) is 0 Å². The quantitative estimate of drug-likeness (QED) is 0.835. The molecule has 112 valence electrons. The van der Waals surface area contributed by atoms with Crippen molar-refractivity contribution in [3.8, 4) is 0 Å². The van der Waals surface area contributed by atoms with E-state index in [9.17, 15) is 9.00 Å². The standard InChI is InChI=1S/C14H18N4O2S/c1-9(13(19)18-6-2-3-7-18)21(20)14-16-11-5-4-10(15)8-12(11)17-14/h4-5,8-9H,2-3,6-7,15H2,1H3,(H,16,17). The number of hydrogen-bond acceptors (Lipinski definition) is 4. The Morgan fingerprint density at radius 1 is 1.43 bits per heavy atom. The summed E-state index contributed by atoms with van der Waals surface area (Å²) in [5, 5.41) is -0.267. The van der Waals surface area contributed by atoms with Crippen LogP contribution in [0.2, 0.25) is 0 Å². The fourth-order valence-corrected chi connectivity index (χ4v) is 3.62. The number of nitrogens with zero attached hydrogens (tertiary/aromatic N) is 2. The van der Waals surface area contributed by atoms with Gasteiger partial charge >= 0.3 is 0 Å². The van der Waals surface area contributed by atoms with Gasteiger partial charge in [0.05, 0.1) is 11.0 Å². The molecule has 1 amide bonds. The highest BCUT2D eigenvalue weighted by molar-refractivity contribution is 7.86. The van der Waals surface area contributed by atoms with Crippen LogP contribution in [0.1, 0.15) is 19.8 Å². The van der Waals surface area contributed by atoms with Crippen LogP contribution in [-0.4, -0.2) is 43.3 Å². The number of rotatable bonds is 3. The van der Waals surface area contributed by atoms with Crippen molar-refractivity contribution in [1.82, 2.24) is 14.9 Å². The molecule has 21 heavy (non-hydrogen) atoms. The van der Waals surface area contributed by atoms with E-state index in [1.54, 1.807) is 30.0 Å². The largest absolute Gasteiger partial charge is 0.399 e. The predicted octanol–water partition coefficient (Wildman–Crippen LogP) is 1.26. The number of nitrogen functional groups attached to an aromatic ring is 1. The van der Waals surface area contributed by atoms with Crippen molar-refractivity contribution in [2.75, 3.05) is 18.8 Å². The number of fused-ring (bicyclic) bond motifs is 1. The second-order valence-electron chi connectivity index (χ2n) is 5.29. The zero-order valence-electron chi connectivity index (χ0n) is 11.8. The van der Waals surface area contributed by atoms with E-state index in [-0.39, 0.29) is 5.91 Å². The summed E-state index contributed by atoms with van der Waals surface area (Å²) in [5.74, 6) is -0.0641. The Hall–Kier alpha value is -1.89. The topological polar surface area (TPSA) is 92.1 Å². The number of nitrogens with two attached hydrogens (primary N) is 1. The molecule has 3 rings (SSSR count). The number of nitrogens with one attached hydrogen (secondary N) is 1. The first-order valence-electron chi connectivity index (χ1n) is 7.01. The Kier molecular flexibility index (Phi) is 3.67. The van der Waals surface area contributed by atoms with Crippen LogP contribution in [0.25, 0.3) is 11.0 Å². The Labute approximate surface area is 125 Å². The van der Waals surface area contributed by atoms with E-state index in [2.05, 4.69) is 9.97 Å². The smallest absolute Gasteiger partial charge is 0.238 e. The third kappa shape index (κ3) is 2.65. The van der Waals surface area contributed by atoms with Crippen LogP contribution in [0, 0.1) is 0 Å². The van der Waals surface area contributed by atoms with Gasteiger partial charge in [0, 0.05) is 18.8 Å². The van der Waals surface area contributed by atoms with Gasteiger partial charge in [0.15, 0.2) is 5.16 Å². The molecular formula is C14H18N4O2S. The maximum Gasteiger partial charge on any atom is 0.238 e. The van der Waals surface area contributed by atoms with E-state index in [1.807, 2.05) is 0 Å². The van der Waals surface area contributed by atoms with Gasteiger partial charge in [-0.2, -0.15) is 0 Å². The maximum atomic E-state index is 12.5. The molecular weight excluding hydrogens is 288 g/mol. The SMILES string of the molecule is CC(C(=O)N1CCCC1)S(=O)c1nc2ccc(N)cc2[nH]1. The molecule has 0 saturated carbocycles. The Balaban J connectivity index is 1.83. The lowest BCUT2D eigenvalue weighted by Crippen LogP contribution is -2.38. The van der Waals surface area contributed by atoms with Crippen molar-refractivity contribution in [3.05, 3.63) is 18.2 Å². The number of aromatic amines is 1. The van der Waals surface area contributed by atoms with Crippen LogP contribution in [0.4, 0.5) is 5.69 Å². The molecule has 0 spiro atoms. The van der Waals surface area contributed by atoms with Crippen molar-refractivity contribution < 1.29 is 9.00 Å². The summed E-state index contributed by atoms with van der Waals surface area (Å²) >= 11 is 0. The van der Waals surface area contributed by atoms with Gasteiger partial charge in [0.1, 0.15) is 16.0 Å². The Bertz CT molecular complexity index is 706. The number of anilines is 1. The molecule has 2 aromatic rings. The van der Waals surface area contributed by atoms with E-state index in [0.29, 0.717) is 16.4 Å². The second-order valence-corrected chi connectivity index (χ2v) is 6.98. The average molecular weight is 306 g/mol. The first-order chi connectivity index (χ1) is 10.1. The van der Waals surface area contributed by atoms with Crippen LogP contribution in [-0.2, 0) is 15.6 Å². The Morgan fingerprint density at radius 2 is 2.14 bits per heavy atom. The fraction of sp³-hybridized carbons (Fsp3) is 0.429. The van der Waals surface area contributed by atoms with Gasteiger partial charge in [0.25, 0.3) is 0 Å². The number of likely N-dealkylation sites (tertiary alicyclic amines) is 1. The van der Waals surface area contributed by atoms with Crippen LogP contribution in [0.3, 0.4) is 0 Å². The van der Waals surface area contributed by atoms with Crippen LogP contribution < -0.4 is 5.73 Å². The van der Waals surface area contributed by atoms with Crippen LogP contribution >= 0.6 is 0 Å². The van der Waals surface area contributed by atoms with Gasteiger partial charge in [-0.25, -0.2) is 4.98 Å². The fourth-order valence-electron chi connectivity index (χ4n) is 2.55. The second kappa shape index (κ2) is 5.48. The highest BCUT2D eigenvalue weighted by Crippen LogP contribution is 2.19. The normalized spacial score (nSPS) is 18.0. The molecule has 2 atom stereocenters. The minimum Gasteiger partial charge on any atom is -0.399 e. The molecule has 0 aliphatic carbocycles. The number of amides is 1. The predicted molar refractivity (Wildman–Crippen MR) is 82.2 cm³/mol. The lowest BCUT2D eigenvalue weighted by molar-refractivity contribution is -0.129. The molecule has 1 aromatic heterocycles. The van der Waals surface area contributed by atoms with E-state index in [4.69, 9.17) is 5.73 Å². The summed E-state index contributed by atoms with van der Waals surface area (Å²) in [7, 11) is -1.49. The average Bonchev–Trinajstić information content (AvgIpc) is 3.13. The minimum atomic E-state index is -1.49. The van der Waals surface area contributed by atoms with Crippen molar-refractivity contribution in [1.29, 1.82) is 0 Å². The number of carbonyl (C=O) groups excluding carboxylic acids is 1. The van der Waals surface area contributed by atoms with Crippen molar-refractivity contribution >= 4 is 33.4 Å². The molecule has 2 heterocycles. The Morgan fingerprint density at radius 3 is 2.86 bits per heavy atom. The summed E-state index contributed by atoms with van der Waals surface area (Å²) < 4.78 is 12.5. The van der Waals surface area contributed by atoms with Gasteiger partial charge in [-0.3, -0.25) is 9.00 Å². The molecule has 6 nitrogen and oxygen atoms in total. The molecule has 0 bridgehead atoms. The number of imidazole rings is 1. The number of benzene rings is 1. The molecule has 1 aliphatic heterocycles. The highest BCUT2D eigenvalue weighted by atomic mass is 32.2. The monoisotopic (exact) mass is 306 g/mol. The molecule has 7 heteroatoms. The van der Waals surface area contributed by atoms with Crippen LogP contribution in [0.5, 0.6) is 0 Å². The highest BCUT2D eigenvalue weighted by Gasteiger charge is 2.29. The first kappa shape index (κ1) is 14.1. The van der Waals surface area contributed by atoms with Gasteiger partial charge in [-0.15, -0.1) is 0 Å². The maximum absolute atomic E-state index is 12.5. The summed E-state index contributed by atoms with van der Waals surface area (Å²) in [4.78, 5) is 21.4. The van der Waals surface area contributed by atoms with Crippen LogP contribution in [0.15, 0.2) is 23.4 Å². The molecule has 1 aromatic carbocycles. The lowest BCUT2D eigenvalue weighted by atomic mass is 10.3.